The summed E-state index contributed by atoms with van der Waals surface area (Å²) in [6.07, 6.45) is 4.38. The zero-order chi connectivity index (χ0) is 13.1. The zero-order valence-electron chi connectivity index (χ0n) is 11.3. The number of benzene rings is 1. The minimum atomic E-state index is 0.196. The molecular formula is C15H20O3. The molecule has 0 aliphatic heterocycles. The minimum absolute atomic E-state index is 0.196. The van der Waals surface area contributed by atoms with Crippen LogP contribution in [0.1, 0.15) is 41.6 Å². The highest BCUT2D eigenvalue weighted by atomic mass is 16.5. The standard InChI is InChI=1S/C15H20O3/c1-10-8-13(17-2)14(18-3)9-12(10)15(16)11-6-4-5-7-11/h8-9,11H,4-7H2,1-3H3. The topological polar surface area (TPSA) is 35.5 Å². The van der Waals surface area contributed by atoms with Gasteiger partial charge in [-0.2, -0.15) is 0 Å². The van der Waals surface area contributed by atoms with Gasteiger partial charge in [0, 0.05) is 11.5 Å². The van der Waals surface area contributed by atoms with Gasteiger partial charge in [0.2, 0.25) is 0 Å². The molecule has 0 bridgehead atoms. The van der Waals surface area contributed by atoms with Gasteiger partial charge in [0.05, 0.1) is 14.2 Å². The van der Waals surface area contributed by atoms with Gasteiger partial charge in [0.15, 0.2) is 17.3 Å². The van der Waals surface area contributed by atoms with Gasteiger partial charge in [0.1, 0.15) is 0 Å². The monoisotopic (exact) mass is 248 g/mol. The molecule has 0 spiro atoms. The Morgan fingerprint density at radius 3 is 2.22 bits per heavy atom. The summed E-state index contributed by atoms with van der Waals surface area (Å²) in [5.41, 5.74) is 1.74. The number of hydrogen-bond acceptors (Lipinski definition) is 3. The van der Waals surface area contributed by atoms with Crippen molar-refractivity contribution in [1.29, 1.82) is 0 Å². The van der Waals surface area contributed by atoms with Crippen LogP contribution in [0.15, 0.2) is 12.1 Å². The fourth-order valence-electron chi connectivity index (χ4n) is 2.65. The molecular weight excluding hydrogens is 228 g/mol. The van der Waals surface area contributed by atoms with Gasteiger partial charge >= 0.3 is 0 Å². The third-order valence-corrected chi connectivity index (χ3v) is 3.72. The molecule has 0 amide bonds. The van der Waals surface area contributed by atoms with Crippen molar-refractivity contribution >= 4 is 5.78 Å². The molecule has 3 heteroatoms. The Kier molecular flexibility index (Phi) is 3.90. The van der Waals surface area contributed by atoms with E-state index < -0.39 is 0 Å². The van der Waals surface area contributed by atoms with Crippen LogP contribution in [0.3, 0.4) is 0 Å². The maximum Gasteiger partial charge on any atom is 0.166 e. The predicted octanol–water partition coefficient (Wildman–Crippen LogP) is 3.39. The third kappa shape index (κ3) is 2.35. The number of methoxy groups -OCH3 is 2. The number of rotatable bonds is 4. The third-order valence-electron chi connectivity index (χ3n) is 3.72. The maximum atomic E-state index is 12.4. The first-order chi connectivity index (χ1) is 8.67. The summed E-state index contributed by atoms with van der Waals surface area (Å²) in [5.74, 6) is 1.76. The summed E-state index contributed by atoms with van der Waals surface area (Å²) in [4.78, 5) is 12.4. The van der Waals surface area contributed by atoms with Crippen LogP contribution in [0.25, 0.3) is 0 Å². The number of ketones is 1. The average molecular weight is 248 g/mol. The molecule has 0 N–H and O–H groups in total. The lowest BCUT2D eigenvalue weighted by atomic mass is 9.93. The summed E-state index contributed by atoms with van der Waals surface area (Å²) in [6, 6.07) is 3.69. The lowest BCUT2D eigenvalue weighted by Crippen LogP contribution is -2.13. The van der Waals surface area contributed by atoms with Crippen LogP contribution < -0.4 is 9.47 Å². The Hall–Kier alpha value is -1.51. The molecule has 1 aliphatic rings. The quantitative estimate of drug-likeness (QED) is 0.766. The van der Waals surface area contributed by atoms with E-state index in [-0.39, 0.29) is 11.7 Å². The number of carbonyl (C=O) groups is 1. The summed E-state index contributed by atoms with van der Waals surface area (Å²) >= 11 is 0. The molecule has 18 heavy (non-hydrogen) atoms. The van der Waals surface area contributed by atoms with Gasteiger partial charge in [-0.3, -0.25) is 4.79 Å². The molecule has 3 nitrogen and oxygen atoms in total. The van der Waals surface area contributed by atoms with Gasteiger partial charge in [-0.15, -0.1) is 0 Å². The van der Waals surface area contributed by atoms with E-state index in [1.807, 2.05) is 19.1 Å². The van der Waals surface area contributed by atoms with Crippen molar-refractivity contribution in [2.45, 2.75) is 32.6 Å². The molecule has 0 heterocycles. The molecule has 1 aromatic carbocycles. The van der Waals surface area contributed by atoms with Crippen molar-refractivity contribution < 1.29 is 14.3 Å². The molecule has 2 rings (SSSR count). The maximum absolute atomic E-state index is 12.4. The fraction of sp³-hybridized carbons (Fsp3) is 0.533. The molecule has 1 aromatic rings. The molecule has 1 aliphatic carbocycles. The summed E-state index contributed by atoms with van der Waals surface area (Å²) in [6.45, 7) is 1.95. The number of hydrogen-bond donors (Lipinski definition) is 0. The highest BCUT2D eigenvalue weighted by Crippen LogP contribution is 2.34. The molecule has 0 radical (unpaired) electrons. The first-order valence-corrected chi connectivity index (χ1v) is 6.44. The van der Waals surface area contributed by atoms with Crippen LogP contribution in [0.5, 0.6) is 11.5 Å². The van der Waals surface area contributed by atoms with Crippen molar-refractivity contribution in [2.75, 3.05) is 14.2 Å². The average Bonchev–Trinajstić information content (AvgIpc) is 2.91. The molecule has 0 atom stereocenters. The number of Topliss-reactive ketones (excluding diaryl/α,β-unsaturated/α-hetero) is 1. The second-order valence-electron chi connectivity index (χ2n) is 4.87. The van der Waals surface area contributed by atoms with E-state index in [9.17, 15) is 4.79 Å². The zero-order valence-corrected chi connectivity index (χ0v) is 11.3. The van der Waals surface area contributed by atoms with Gasteiger partial charge in [0.25, 0.3) is 0 Å². The molecule has 0 unspecified atom stereocenters. The van der Waals surface area contributed by atoms with E-state index in [1.165, 1.54) is 12.8 Å². The Morgan fingerprint density at radius 1 is 1.11 bits per heavy atom. The van der Waals surface area contributed by atoms with Crippen molar-refractivity contribution in [3.05, 3.63) is 23.3 Å². The number of ether oxygens (including phenoxy) is 2. The summed E-state index contributed by atoms with van der Waals surface area (Å²) in [7, 11) is 3.20. The molecule has 98 valence electrons. The smallest absolute Gasteiger partial charge is 0.166 e. The lowest BCUT2D eigenvalue weighted by Gasteiger charge is -2.14. The van der Waals surface area contributed by atoms with Crippen LogP contribution >= 0.6 is 0 Å². The molecule has 0 aromatic heterocycles. The Bertz CT molecular complexity index is 445. The van der Waals surface area contributed by atoms with Crippen LogP contribution in [0.4, 0.5) is 0 Å². The van der Waals surface area contributed by atoms with Gasteiger partial charge in [-0.25, -0.2) is 0 Å². The Balaban J connectivity index is 2.34. The van der Waals surface area contributed by atoms with E-state index in [0.717, 1.165) is 24.0 Å². The predicted molar refractivity (Wildman–Crippen MR) is 70.6 cm³/mol. The van der Waals surface area contributed by atoms with Crippen molar-refractivity contribution in [3.8, 4) is 11.5 Å². The second-order valence-corrected chi connectivity index (χ2v) is 4.87. The summed E-state index contributed by atoms with van der Waals surface area (Å²) < 4.78 is 10.5. The van der Waals surface area contributed by atoms with E-state index in [2.05, 4.69) is 0 Å². The largest absolute Gasteiger partial charge is 0.493 e. The van der Waals surface area contributed by atoms with E-state index in [0.29, 0.717) is 11.5 Å². The van der Waals surface area contributed by atoms with E-state index >= 15 is 0 Å². The second kappa shape index (κ2) is 5.42. The fourth-order valence-corrected chi connectivity index (χ4v) is 2.65. The van der Waals surface area contributed by atoms with Crippen LogP contribution in [-0.4, -0.2) is 20.0 Å². The van der Waals surface area contributed by atoms with Crippen LogP contribution in [-0.2, 0) is 0 Å². The highest BCUT2D eigenvalue weighted by Gasteiger charge is 2.25. The van der Waals surface area contributed by atoms with Crippen LogP contribution in [0.2, 0.25) is 0 Å². The summed E-state index contributed by atoms with van der Waals surface area (Å²) in [5, 5.41) is 0. The van der Waals surface area contributed by atoms with Crippen molar-refractivity contribution in [1.82, 2.24) is 0 Å². The first-order valence-electron chi connectivity index (χ1n) is 6.44. The van der Waals surface area contributed by atoms with E-state index in [1.54, 1.807) is 14.2 Å². The van der Waals surface area contributed by atoms with Gasteiger partial charge in [-0.05, 0) is 37.5 Å². The molecule has 1 fully saturated rings. The highest BCUT2D eigenvalue weighted by molar-refractivity contribution is 5.99. The van der Waals surface area contributed by atoms with E-state index in [4.69, 9.17) is 9.47 Å². The van der Waals surface area contributed by atoms with Crippen molar-refractivity contribution in [3.63, 3.8) is 0 Å². The number of carbonyl (C=O) groups excluding carboxylic acids is 1. The minimum Gasteiger partial charge on any atom is -0.493 e. The molecule has 1 saturated carbocycles. The van der Waals surface area contributed by atoms with Gasteiger partial charge < -0.3 is 9.47 Å². The SMILES string of the molecule is COc1cc(C)c(C(=O)C2CCCC2)cc1OC. The Morgan fingerprint density at radius 2 is 1.67 bits per heavy atom. The number of aryl methyl sites for hydroxylation is 1. The normalized spacial score (nSPS) is 15.7. The molecule has 0 saturated heterocycles. The van der Waals surface area contributed by atoms with Crippen molar-refractivity contribution in [2.24, 2.45) is 5.92 Å². The van der Waals surface area contributed by atoms with Gasteiger partial charge in [-0.1, -0.05) is 12.8 Å². The van der Waals surface area contributed by atoms with Crippen LogP contribution in [0, 0.1) is 12.8 Å². The lowest BCUT2D eigenvalue weighted by molar-refractivity contribution is 0.0922. The Labute approximate surface area is 108 Å². The first kappa shape index (κ1) is 12.9.